The minimum atomic E-state index is 0.591. The van der Waals surface area contributed by atoms with Crippen molar-refractivity contribution >= 4 is 0 Å². The lowest BCUT2D eigenvalue weighted by atomic mass is 10.1. The van der Waals surface area contributed by atoms with Gasteiger partial charge in [0, 0.05) is 18.3 Å². The van der Waals surface area contributed by atoms with Crippen LogP contribution >= 0.6 is 0 Å². The highest BCUT2D eigenvalue weighted by Gasteiger charge is 2.20. The van der Waals surface area contributed by atoms with Crippen LogP contribution < -0.4 is 10.1 Å². The Hall–Kier alpha value is -1.87. The average Bonchev–Trinajstić information content (AvgIpc) is 3.30. The van der Waals surface area contributed by atoms with Gasteiger partial charge in [0.1, 0.15) is 12.4 Å². The van der Waals surface area contributed by atoms with Gasteiger partial charge in [0.25, 0.3) is 0 Å². The van der Waals surface area contributed by atoms with Gasteiger partial charge >= 0.3 is 0 Å². The molecule has 3 rings (SSSR count). The first-order chi connectivity index (χ1) is 9.81. The van der Waals surface area contributed by atoms with E-state index in [1.54, 1.807) is 6.20 Å². The van der Waals surface area contributed by atoms with Gasteiger partial charge in [-0.3, -0.25) is 4.98 Å². The molecule has 1 aliphatic carbocycles. The van der Waals surface area contributed by atoms with E-state index >= 15 is 0 Å². The first-order valence-corrected chi connectivity index (χ1v) is 7.17. The van der Waals surface area contributed by atoms with Crippen LogP contribution in [0.1, 0.15) is 29.7 Å². The van der Waals surface area contributed by atoms with Crippen LogP contribution in [0.5, 0.6) is 5.75 Å². The number of benzene rings is 1. The quantitative estimate of drug-likeness (QED) is 0.873. The Kier molecular flexibility index (Phi) is 3.97. The maximum atomic E-state index is 5.82. The van der Waals surface area contributed by atoms with E-state index in [-0.39, 0.29) is 0 Å². The van der Waals surface area contributed by atoms with Crippen LogP contribution in [-0.4, -0.2) is 11.0 Å². The molecule has 0 unspecified atom stereocenters. The molecule has 1 heterocycles. The van der Waals surface area contributed by atoms with Gasteiger partial charge in [-0.05, 0) is 43.0 Å². The van der Waals surface area contributed by atoms with Gasteiger partial charge in [-0.25, -0.2) is 0 Å². The van der Waals surface area contributed by atoms with Crippen molar-refractivity contribution in [2.24, 2.45) is 0 Å². The summed E-state index contributed by atoms with van der Waals surface area (Å²) in [7, 11) is 0. The second kappa shape index (κ2) is 6.06. The SMILES string of the molecule is Cc1ccc(OCc2ccccc2CNC2CC2)cn1. The van der Waals surface area contributed by atoms with Crippen molar-refractivity contribution in [3.8, 4) is 5.75 Å². The van der Waals surface area contributed by atoms with Gasteiger partial charge < -0.3 is 10.1 Å². The standard InChI is InChI=1S/C17H20N2O/c1-13-6-9-17(11-18-13)20-12-15-5-3-2-4-14(15)10-19-16-7-8-16/h2-6,9,11,16,19H,7-8,10,12H2,1H3. The van der Waals surface area contributed by atoms with E-state index < -0.39 is 0 Å². The number of ether oxygens (including phenoxy) is 1. The van der Waals surface area contributed by atoms with Crippen LogP contribution in [0, 0.1) is 6.92 Å². The van der Waals surface area contributed by atoms with Crippen LogP contribution in [-0.2, 0) is 13.2 Å². The number of hydrogen-bond donors (Lipinski definition) is 1. The van der Waals surface area contributed by atoms with Gasteiger partial charge in [0.15, 0.2) is 0 Å². The topological polar surface area (TPSA) is 34.1 Å². The molecule has 0 spiro atoms. The zero-order chi connectivity index (χ0) is 13.8. The molecule has 3 heteroatoms. The predicted molar refractivity (Wildman–Crippen MR) is 79.6 cm³/mol. The van der Waals surface area contributed by atoms with Crippen molar-refractivity contribution in [1.29, 1.82) is 0 Å². The molecule has 0 saturated heterocycles. The molecule has 1 aromatic heterocycles. The molecule has 1 aliphatic rings. The third kappa shape index (κ3) is 3.58. The second-order valence-corrected chi connectivity index (χ2v) is 5.35. The molecule has 0 radical (unpaired) electrons. The summed E-state index contributed by atoms with van der Waals surface area (Å²) in [5, 5.41) is 3.55. The zero-order valence-corrected chi connectivity index (χ0v) is 11.8. The van der Waals surface area contributed by atoms with E-state index in [4.69, 9.17) is 4.74 Å². The van der Waals surface area contributed by atoms with Crippen molar-refractivity contribution in [2.75, 3.05) is 0 Å². The van der Waals surface area contributed by atoms with Gasteiger partial charge in [0.2, 0.25) is 0 Å². The summed E-state index contributed by atoms with van der Waals surface area (Å²) in [4.78, 5) is 4.24. The third-order valence-electron chi connectivity index (χ3n) is 3.56. The van der Waals surface area contributed by atoms with Crippen molar-refractivity contribution in [1.82, 2.24) is 10.3 Å². The maximum absolute atomic E-state index is 5.82. The van der Waals surface area contributed by atoms with Crippen molar-refractivity contribution in [2.45, 2.75) is 39.0 Å². The number of aryl methyl sites for hydroxylation is 1. The second-order valence-electron chi connectivity index (χ2n) is 5.35. The normalized spacial score (nSPS) is 14.2. The van der Waals surface area contributed by atoms with Gasteiger partial charge in [-0.2, -0.15) is 0 Å². The number of pyridine rings is 1. The van der Waals surface area contributed by atoms with Crippen LogP contribution in [0.25, 0.3) is 0 Å². The molecule has 1 fully saturated rings. The van der Waals surface area contributed by atoms with E-state index in [2.05, 4.69) is 34.6 Å². The minimum absolute atomic E-state index is 0.591. The average molecular weight is 268 g/mol. The summed E-state index contributed by atoms with van der Waals surface area (Å²) >= 11 is 0. The molecule has 3 nitrogen and oxygen atoms in total. The summed E-state index contributed by atoms with van der Waals surface area (Å²) in [6, 6.07) is 13.1. The van der Waals surface area contributed by atoms with E-state index in [1.165, 1.54) is 24.0 Å². The first-order valence-electron chi connectivity index (χ1n) is 7.17. The molecule has 1 aromatic carbocycles. The highest BCUT2D eigenvalue weighted by Crippen LogP contribution is 2.20. The molecule has 0 aliphatic heterocycles. The van der Waals surface area contributed by atoms with Gasteiger partial charge in [-0.15, -0.1) is 0 Å². The molecule has 0 bridgehead atoms. The van der Waals surface area contributed by atoms with E-state index in [9.17, 15) is 0 Å². The summed E-state index contributed by atoms with van der Waals surface area (Å²) in [5.74, 6) is 0.820. The van der Waals surface area contributed by atoms with Crippen LogP contribution in [0.4, 0.5) is 0 Å². The number of nitrogens with zero attached hydrogens (tertiary/aromatic N) is 1. The van der Waals surface area contributed by atoms with Gasteiger partial charge in [-0.1, -0.05) is 24.3 Å². The predicted octanol–water partition coefficient (Wildman–Crippen LogP) is 3.22. The molecule has 0 amide bonds. The third-order valence-corrected chi connectivity index (χ3v) is 3.56. The Bertz CT molecular complexity index is 561. The Morgan fingerprint density at radius 2 is 1.95 bits per heavy atom. The molecule has 1 N–H and O–H groups in total. The van der Waals surface area contributed by atoms with E-state index in [1.807, 2.05) is 19.1 Å². The van der Waals surface area contributed by atoms with Crippen LogP contribution in [0.2, 0.25) is 0 Å². The maximum Gasteiger partial charge on any atom is 0.138 e. The summed E-state index contributed by atoms with van der Waals surface area (Å²) in [5.41, 5.74) is 3.56. The van der Waals surface area contributed by atoms with E-state index in [0.717, 1.165) is 24.0 Å². The highest BCUT2D eigenvalue weighted by atomic mass is 16.5. The van der Waals surface area contributed by atoms with Crippen LogP contribution in [0.3, 0.4) is 0 Å². The Balaban J connectivity index is 1.62. The molecular weight excluding hydrogens is 248 g/mol. The van der Waals surface area contributed by atoms with E-state index in [0.29, 0.717) is 6.61 Å². The minimum Gasteiger partial charge on any atom is -0.487 e. The lowest BCUT2D eigenvalue weighted by Gasteiger charge is -2.11. The van der Waals surface area contributed by atoms with Crippen molar-refractivity contribution in [3.63, 3.8) is 0 Å². The first kappa shape index (κ1) is 13.1. The Morgan fingerprint density at radius 3 is 2.65 bits per heavy atom. The highest BCUT2D eigenvalue weighted by molar-refractivity contribution is 5.28. The molecule has 2 aromatic rings. The number of aromatic nitrogens is 1. The number of hydrogen-bond acceptors (Lipinski definition) is 3. The molecule has 0 atom stereocenters. The van der Waals surface area contributed by atoms with Gasteiger partial charge in [0.05, 0.1) is 6.20 Å². The lowest BCUT2D eigenvalue weighted by Crippen LogP contribution is -2.16. The molecule has 1 saturated carbocycles. The fourth-order valence-corrected chi connectivity index (χ4v) is 2.11. The molecule has 104 valence electrons. The fourth-order valence-electron chi connectivity index (χ4n) is 2.11. The summed E-state index contributed by atoms with van der Waals surface area (Å²) in [6.45, 7) is 3.49. The monoisotopic (exact) mass is 268 g/mol. The number of nitrogens with one attached hydrogen (secondary N) is 1. The molecule has 20 heavy (non-hydrogen) atoms. The molecular formula is C17H20N2O. The Morgan fingerprint density at radius 1 is 1.15 bits per heavy atom. The largest absolute Gasteiger partial charge is 0.487 e. The van der Waals surface area contributed by atoms with Crippen LogP contribution in [0.15, 0.2) is 42.6 Å². The lowest BCUT2D eigenvalue weighted by molar-refractivity contribution is 0.303. The zero-order valence-electron chi connectivity index (χ0n) is 11.8. The van der Waals surface area contributed by atoms with Crippen molar-refractivity contribution in [3.05, 3.63) is 59.4 Å². The smallest absolute Gasteiger partial charge is 0.138 e. The number of rotatable bonds is 6. The van der Waals surface area contributed by atoms with Crippen molar-refractivity contribution < 1.29 is 4.74 Å². The fraction of sp³-hybridized carbons (Fsp3) is 0.353. The Labute approximate surface area is 120 Å². The summed E-state index contributed by atoms with van der Waals surface area (Å²) < 4.78 is 5.82. The summed E-state index contributed by atoms with van der Waals surface area (Å²) in [6.07, 6.45) is 4.40.